The smallest absolute Gasteiger partial charge is 0.326 e. The van der Waals surface area contributed by atoms with Gasteiger partial charge < -0.3 is 10.4 Å². The molecule has 5 nitrogen and oxygen atoms in total. The number of thiophene rings is 1. The summed E-state index contributed by atoms with van der Waals surface area (Å²) in [4.78, 5) is 21.2. The van der Waals surface area contributed by atoms with Crippen LogP contribution in [0.2, 0.25) is 0 Å². The van der Waals surface area contributed by atoms with Crippen molar-refractivity contribution < 1.29 is 9.90 Å². The van der Waals surface area contributed by atoms with Crippen molar-refractivity contribution in [3.8, 4) is 11.1 Å². The first-order chi connectivity index (χ1) is 12.5. The standard InChI is InChI=1S/C20H23N3O2S/c1-4-13-5-7-14(8-6-13)15-10-26-19-17(15)18(21-11-22-19)23-16(20(24)25)9-12(2)3/h5-8,10-12,16H,4,9H2,1-3H3,(H,24,25)(H,21,22,23). The first-order valence-electron chi connectivity index (χ1n) is 8.80. The molecule has 0 saturated carbocycles. The maximum Gasteiger partial charge on any atom is 0.326 e. The van der Waals surface area contributed by atoms with E-state index in [9.17, 15) is 9.90 Å². The topological polar surface area (TPSA) is 75.1 Å². The molecule has 0 fully saturated rings. The van der Waals surface area contributed by atoms with Gasteiger partial charge >= 0.3 is 5.97 Å². The molecule has 3 aromatic rings. The van der Waals surface area contributed by atoms with Crippen LogP contribution < -0.4 is 5.32 Å². The summed E-state index contributed by atoms with van der Waals surface area (Å²) in [5.74, 6) is -0.0159. The molecule has 0 aliphatic heterocycles. The predicted octanol–water partition coefficient (Wildman–Crippen LogP) is 4.83. The number of hydrogen-bond acceptors (Lipinski definition) is 5. The average molecular weight is 369 g/mol. The number of carboxylic acids is 1. The molecule has 3 rings (SSSR count). The maximum atomic E-state index is 11.6. The molecule has 0 spiro atoms. The largest absolute Gasteiger partial charge is 0.480 e. The number of aryl methyl sites for hydroxylation is 1. The van der Waals surface area contributed by atoms with E-state index >= 15 is 0 Å². The summed E-state index contributed by atoms with van der Waals surface area (Å²) in [6, 6.07) is 7.76. The first kappa shape index (κ1) is 18.3. The van der Waals surface area contributed by atoms with Crippen LogP contribution in [0.4, 0.5) is 5.82 Å². The summed E-state index contributed by atoms with van der Waals surface area (Å²) in [5, 5.41) is 15.6. The van der Waals surface area contributed by atoms with Crippen LogP contribution in [-0.2, 0) is 11.2 Å². The zero-order valence-electron chi connectivity index (χ0n) is 15.2. The summed E-state index contributed by atoms with van der Waals surface area (Å²) in [6.07, 6.45) is 3.01. The lowest BCUT2D eigenvalue weighted by Crippen LogP contribution is -2.31. The maximum absolute atomic E-state index is 11.6. The van der Waals surface area contributed by atoms with Gasteiger partial charge in [0.1, 0.15) is 23.0 Å². The second-order valence-corrected chi connectivity index (χ2v) is 7.63. The van der Waals surface area contributed by atoms with Crippen LogP contribution in [0.5, 0.6) is 0 Å². The minimum absolute atomic E-state index is 0.268. The third kappa shape index (κ3) is 3.85. The number of carbonyl (C=O) groups is 1. The van der Waals surface area contributed by atoms with Gasteiger partial charge in [-0.25, -0.2) is 14.8 Å². The number of rotatable bonds is 7. The zero-order valence-corrected chi connectivity index (χ0v) is 16.0. The zero-order chi connectivity index (χ0) is 18.7. The summed E-state index contributed by atoms with van der Waals surface area (Å²) < 4.78 is 0. The third-order valence-corrected chi connectivity index (χ3v) is 5.25. The molecule has 26 heavy (non-hydrogen) atoms. The van der Waals surface area contributed by atoms with Crippen LogP contribution in [0.1, 0.15) is 32.8 Å². The van der Waals surface area contributed by atoms with E-state index in [1.54, 1.807) is 11.3 Å². The Kier molecular flexibility index (Phi) is 5.52. The average Bonchev–Trinajstić information content (AvgIpc) is 3.06. The van der Waals surface area contributed by atoms with Crippen molar-refractivity contribution in [2.75, 3.05) is 5.32 Å². The number of aliphatic carboxylic acids is 1. The highest BCUT2D eigenvalue weighted by Gasteiger charge is 2.22. The SMILES string of the molecule is CCc1ccc(-c2csc3ncnc(NC(CC(C)C)C(=O)O)c23)cc1. The molecule has 2 heterocycles. The lowest BCUT2D eigenvalue weighted by Gasteiger charge is -2.17. The molecule has 1 atom stereocenters. The number of nitrogens with one attached hydrogen (secondary N) is 1. The molecule has 1 aromatic carbocycles. The van der Waals surface area contributed by atoms with Crippen LogP contribution in [0, 0.1) is 5.92 Å². The second-order valence-electron chi connectivity index (χ2n) is 6.77. The van der Waals surface area contributed by atoms with Crippen molar-refractivity contribution in [1.29, 1.82) is 0 Å². The second kappa shape index (κ2) is 7.83. The highest BCUT2D eigenvalue weighted by Crippen LogP contribution is 2.37. The highest BCUT2D eigenvalue weighted by atomic mass is 32.1. The van der Waals surface area contributed by atoms with E-state index in [0.29, 0.717) is 12.2 Å². The molecule has 0 aliphatic carbocycles. The van der Waals surface area contributed by atoms with E-state index in [1.165, 1.54) is 11.9 Å². The Labute approximate surface area is 157 Å². The Balaban J connectivity index is 2.03. The van der Waals surface area contributed by atoms with Crippen molar-refractivity contribution in [3.05, 3.63) is 41.5 Å². The number of carboxylic acid groups (broad SMARTS) is 1. The van der Waals surface area contributed by atoms with Crippen molar-refractivity contribution in [3.63, 3.8) is 0 Å². The number of nitrogens with zero attached hydrogens (tertiary/aromatic N) is 2. The highest BCUT2D eigenvalue weighted by molar-refractivity contribution is 7.17. The van der Waals surface area contributed by atoms with Crippen molar-refractivity contribution in [2.45, 2.75) is 39.7 Å². The van der Waals surface area contributed by atoms with E-state index in [0.717, 1.165) is 27.8 Å². The van der Waals surface area contributed by atoms with Crippen molar-refractivity contribution >= 4 is 33.3 Å². The number of aromatic nitrogens is 2. The van der Waals surface area contributed by atoms with Gasteiger partial charge in [0.15, 0.2) is 0 Å². The summed E-state index contributed by atoms with van der Waals surface area (Å²) in [7, 11) is 0. The van der Waals surface area contributed by atoms with Crippen LogP contribution in [0.15, 0.2) is 36.0 Å². The molecule has 0 amide bonds. The summed E-state index contributed by atoms with van der Waals surface area (Å²) >= 11 is 1.54. The van der Waals surface area contributed by atoms with Gasteiger partial charge in [0.05, 0.1) is 5.39 Å². The molecule has 0 saturated heterocycles. The van der Waals surface area contributed by atoms with Gasteiger partial charge in [-0.2, -0.15) is 0 Å². The fourth-order valence-electron chi connectivity index (χ4n) is 2.97. The Morgan fingerprint density at radius 3 is 2.58 bits per heavy atom. The third-order valence-electron chi connectivity index (χ3n) is 4.36. The van der Waals surface area contributed by atoms with Crippen LogP contribution >= 0.6 is 11.3 Å². The molecule has 2 N–H and O–H groups in total. The van der Waals surface area contributed by atoms with E-state index in [-0.39, 0.29) is 5.92 Å². The molecule has 0 radical (unpaired) electrons. The molecular weight excluding hydrogens is 346 g/mol. The van der Waals surface area contributed by atoms with Gasteiger partial charge in [-0.1, -0.05) is 45.0 Å². The van der Waals surface area contributed by atoms with Gasteiger partial charge in [-0.15, -0.1) is 11.3 Å². The van der Waals surface area contributed by atoms with Gasteiger partial charge in [0.25, 0.3) is 0 Å². The van der Waals surface area contributed by atoms with Crippen molar-refractivity contribution in [2.24, 2.45) is 5.92 Å². The Hall–Kier alpha value is -2.47. The first-order valence-corrected chi connectivity index (χ1v) is 9.68. The molecular formula is C20H23N3O2S. The van der Waals surface area contributed by atoms with E-state index in [2.05, 4.69) is 51.9 Å². The van der Waals surface area contributed by atoms with Gasteiger partial charge in [-0.05, 0) is 29.9 Å². The van der Waals surface area contributed by atoms with Gasteiger partial charge in [0, 0.05) is 10.9 Å². The molecule has 1 unspecified atom stereocenters. The minimum Gasteiger partial charge on any atom is -0.480 e. The quantitative estimate of drug-likeness (QED) is 0.624. The molecule has 6 heteroatoms. The lowest BCUT2D eigenvalue weighted by molar-refractivity contribution is -0.138. The van der Waals surface area contributed by atoms with Crippen molar-refractivity contribution in [1.82, 2.24) is 9.97 Å². The normalized spacial score (nSPS) is 12.5. The van der Waals surface area contributed by atoms with Crippen LogP contribution in [-0.4, -0.2) is 27.1 Å². The number of hydrogen-bond donors (Lipinski definition) is 2. The monoisotopic (exact) mass is 369 g/mol. The van der Waals surface area contributed by atoms with Crippen LogP contribution in [0.25, 0.3) is 21.3 Å². The Morgan fingerprint density at radius 1 is 1.23 bits per heavy atom. The van der Waals surface area contributed by atoms with Crippen LogP contribution in [0.3, 0.4) is 0 Å². The fraction of sp³-hybridized carbons (Fsp3) is 0.350. The Bertz CT molecular complexity index is 903. The summed E-state index contributed by atoms with van der Waals surface area (Å²) in [5.41, 5.74) is 3.40. The number of anilines is 1. The predicted molar refractivity (Wildman–Crippen MR) is 107 cm³/mol. The Morgan fingerprint density at radius 2 is 1.96 bits per heavy atom. The van der Waals surface area contributed by atoms with Gasteiger partial charge in [-0.3, -0.25) is 0 Å². The summed E-state index contributed by atoms with van der Waals surface area (Å²) in [6.45, 7) is 6.16. The van der Waals surface area contributed by atoms with Gasteiger partial charge in [0.2, 0.25) is 0 Å². The molecule has 0 bridgehead atoms. The number of benzene rings is 1. The van der Waals surface area contributed by atoms with E-state index < -0.39 is 12.0 Å². The number of fused-ring (bicyclic) bond motifs is 1. The molecule has 0 aliphatic rings. The minimum atomic E-state index is -0.866. The molecule has 2 aromatic heterocycles. The molecule has 136 valence electrons. The fourth-order valence-corrected chi connectivity index (χ4v) is 3.89. The van der Waals surface area contributed by atoms with E-state index in [4.69, 9.17) is 0 Å². The van der Waals surface area contributed by atoms with E-state index in [1.807, 2.05) is 13.8 Å². The lowest BCUT2D eigenvalue weighted by atomic mass is 10.0.